The summed E-state index contributed by atoms with van der Waals surface area (Å²) in [6.45, 7) is 5.09. The fourth-order valence-electron chi connectivity index (χ4n) is 4.47. The first kappa shape index (κ1) is 22.5. The van der Waals surface area contributed by atoms with Crippen molar-refractivity contribution in [2.24, 2.45) is 0 Å². The number of hydrogen-bond donors (Lipinski definition) is 2. The van der Waals surface area contributed by atoms with Crippen LogP contribution >= 0.6 is 12.0 Å². The number of nitrogens with one attached hydrogen (secondary N) is 1. The van der Waals surface area contributed by atoms with Crippen LogP contribution in [0.3, 0.4) is 0 Å². The average Bonchev–Trinajstić information content (AvgIpc) is 3.49. The van der Waals surface area contributed by atoms with Crippen LogP contribution in [-0.2, 0) is 16.0 Å². The zero-order valence-electron chi connectivity index (χ0n) is 18.8. The van der Waals surface area contributed by atoms with Crippen LogP contribution in [0.1, 0.15) is 69.0 Å². The molecule has 0 aliphatic heterocycles. The number of pyridine rings is 1. The van der Waals surface area contributed by atoms with Crippen molar-refractivity contribution in [3.05, 3.63) is 53.0 Å². The first-order valence-corrected chi connectivity index (χ1v) is 12.4. The second-order valence-corrected chi connectivity index (χ2v) is 9.56. The van der Waals surface area contributed by atoms with Gasteiger partial charge in [0.1, 0.15) is 6.23 Å². The third-order valence-electron chi connectivity index (χ3n) is 6.50. The zero-order chi connectivity index (χ0) is 21.8. The van der Waals surface area contributed by atoms with Gasteiger partial charge in [0, 0.05) is 18.2 Å². The van der Waals surface area contributed by atoms with Crippen LogP contribution < -0.4 is 5.32 Å². The smallest absolute Gasteiger partial charge is 0.161 e. The summed E-state index contributed by atoms with van der Waals surface area (Å²) in [5.41, 5.74) is 4.43. The molecule has 2 heterocycles. The highest BCUT2D eigenvalue weighted by Crippen LogP contribution is 2.49. The summed E-state index contributed by atoms with van der Waals surface area (Å²) >= 11 is 1.39. The number of aliphatic hydroxyl groups excluding tert-OH is 1. The molecular weight excluding hydrogens is 408 g/mol. The predicted molar refractivity (Wildman–Crippen MR) is 126 cm³/mol. The maximum absolute atomic E-state index is 10.9. The Morgan fingerprint density at radius 1 is 1.35 bits per heavy atom. The maximum Gasteiger partial charge on any atom is 0.161 e. The van der Waals surface area contributed by atoms with E-state index in [1.807, 2.05) is 0 Å². The van der Waals surface area contributed by atoms with E-state index in [1.54, 1.807) is 7.11 Å². The number of hydrogen-bond acceptors (Lipinski definition) is 6. The monoisotopic (exact) mass is 442 g/mol. The van der Waals surface area contributed by atoms with Gasteiger partial charge in [0.05, 0.1) is 18.2 Å². The van der Waals surface area contributed by atoms with Crippen LogP contribution in [-0.4, -0.2) is 45.3 Å². The van der Waals surface area contributed by atoms with Crippen molar-refractivity contribution >= 4 is 17.7 Å². The Balaban J connectivity index is 1.66. The molecule has 2 atom stereocenters. The normalized spacial score (nSPS) is 20.8. The lowest BCUT2D eigenvalue weighted by molar-refractivity contribution is 0.0950. The highest BCUT2D eigenvalue weighted by molar-refractivity contribution is 7.94. The van der Waals surface area contributed by atoms with Gasteiger partial charge in [-0.1, -0.05) is 50.1 Å². The van der Waals surface area contributed by atoms with Gasteiger partial charge in [0.15, 0.2) is 11.5 Å². The minimum absolute atomic E-state index is 0.303. The second kappa shape index (κ2) is 9.86. The summed E-state index contributed by atoms with van der Waals surface area (Å²) in [6, 6.07) is 4.45. The van der Waals surface area contributed by atoms with E-state index < -0.39 is 6.23 Å². The van der Waals surface area contributed by atoms with Crippen LogP contribution in [0.5, 0.6) is 0 Å². The van der Waals surface area contributed by atoms with E-state index in [2.05, 4.69) is 54.0 Å². The number of aliphatic hydroxyl groups is 1. The predicted octanol–water partition coefficient (Wildman–Crippen LogP) is 4.30. The molecule has 0 amide bonds. The van der Waals surface area contributed by atoms with Gasteiger partial charge in [-0.05, 0) is 55.8 Å². The molecule has 7 heteroatoms. The first-order chi connectivity index (χ1) is 15.1. The van der Waals surface area contributed by atoms with Crippen LogP contribution in [0.25, 0.3) is 5.65 Å². The molecule has 2 N–H and O–H groups in total. The lowest BCUT2D eigenvalue weighted by Gasteiger charge is -2.20. The van der Waals surface area contributed by atoms with Gasteiger partial charge in [0.25, 0.3) is 0 Å². The average molecular weight is 443 g/mol. The topological polar surface area (TPSA) is 71.7 Å². The number of allylic oxidation sites excluding steroid dienone is 4. The Morgan fingerprint density at radius 3 is 2.90 bits per heavy atom. The molecule has 6 nitrogen and oxygen atoms in total. The van der Waals surface area contributed by atoms with Crippen molar-refractivity contribution in [1.29, 1.82) is 0 Å². The van der Waals surface area contributed by atoms with Gasteiger partial charge in [-0.25, -0.2) is 9.50 Å². The molecule has 0 radical (unpaired) electrons. The lowest BCUT2D eigenvalue weighted by atomic mass is 9.90. The molecule has 2 aliphatic rings. The van der Waals surface area contributed by atoms with Crippen molar-refractivity contribution in [1.82, 2.24) is 19.9 Å². The molecule has 2 unspecified atom stereocenters. The van der Waals surface area contributed by atoms with Gasteiger partial charge in [-0.15, -0.1) is 0 Å². The highest BCUT2D eigenvalue weighted by atomic mass is 32.2. The first-order valence-electron chi connectivity index (χ1n) is 11.4. The van der Waals surface area contributed by atoms with E-state index in [4.69, 9.17) is 14.3 Å². The molecule has 0 aromatic carbocycles. The minimum Gasteiger partial charge on any atom is -0.378 e. The van der Waals surface area contributed by atoms with Gasteiger partial charge in [0.2, 0.25) is 0 Å². The standard InChI is InChI=1S/C24H34N4O2S/c1-4-7-18-10-11-20(19-9-6-8-17(5-2)16-19)28-21(18)26-22(27-28)24(12-13-24)23(29)25-14-15-31-30-3/h6,8-11,19,23,25,29H,4-5,7,12-16H2,1-3H3. The molecule has 31 heavy (non-hydrogen) atoms. The molecule has 0 bridgehead atoms. The Kier molecular flexibility index (Phi) is 7.16. The van der Waals surface area contributed by atoms with E-state index in [1.165, 1.54) is 28.9 Å². The van der Waals surface area contributed by atoms with Crippen LogP contribution in [0.2, 0.25) is 0 Å². The van der Waals surface area contributed by atoms with Gasteiger partial charge in [-0.2, -0.15) is 5.10 Å². The molecular formula is C24H34N4O2S. The third-order valence-corrected chi connectivity index (χ3v) is 7.11. The number of fused-ring (bicyclic) bond motifs is 1. The third kappa shape index (κ3) is 4.60. The lowest BCUT2D eigenvalue weighted by Crippen LogP contribution is -2.41. The Morgan fingerprint density at radius 2 is 2.19 bits per heavy atom. The minimum atomic E-state index is -0.648. The summed E-state index contributed by atoms with van der Waals surface area (Å²) in [5.74, 6) is 1.86. The van der Waals surface area contributed by atoms with Crippen molar-refractivity contribution < 1.29 is 9.29 Å². The summed E-state index contributed by atoms with van der Waals surface area (Å²) in [5, 5.41) is 19.2. The molecule has 0 spiro atoms. The second-order valence-electron chi connectivity index (χ2n) is 8.58. The zero-order valence-corrected chi connectivity index (χ0v) is 19.6. The van der Waals surface area contributed by atoms with Crippen molar-refractivity contribution in [3.63, 3.8) is 0 Å². The molecule has 4 rings (SSSR count). The van der Waals surface area contributed by atoms with Crippen LogP contribution in [0.4, 0.5) is 0 Å². The SMILES string of the molecule is CCCc1ccc(C2C=CC=C(CC)C2)n2nc(C3(C(O)NCCSOC)CC3)nc12. The maximum atomic E-state index is 10.9. The van der Waals surface area contributed by atoms with Crippen molar-refractivity contribution in [2.45, 2.75) is 69.9 Å². The summed E-state index contributed by atoms with van der Waals surface area (Å²) in [7, 11) is 1.66. The van der Waals surface area contributed by atoms with Gasteiger partial charge < -0.3 is 9.29 Å². The van der Waals surface area contributed by atoms with E-state index in [-0.39, 0.29) is 5.41 Å². The number of nitrogens with zero attached hydrogens (tertiary/aromatic N) is 3. The summed E-state index contributed by atoms with van der Waals surface area (Å²) in [4.78, 5) is 5.01. The molecule has 2 aliphatic carbocycles. The van der Waals surface area contributed by atoms with E-state index in [0.717, 1.165) is 55.7 Å². The summed E-state index contributed by atoms with van der Waals surface area (Å²) < 4.78 is 7.09. The van der Waals surface area contributed by atoms with E-state index >= 15 is 0 Å². The molecule has 1 saturated carbocycles. The van der Waals surface area contributed by atoms with Crippen molar-refractivity contribution in [3.8, 4) is 0 Å². The number of aryl methyl sites for hydroxylation is 1. The molecule has 2 aromatic rings. The van der Waals surface area contributed by atoms with Crippen molar-refractivity contribution in [2.75, 3.05) is 19.4 Å². The van der Waals surface area contributed by atoms with Gasteiger partial charge >= 0.3 is 0 Å². The van der Waals surface area contributed by atoms with Crippen LogP contribution in [0.15, 0.2) is 35.9 Å². The molecule has 0 saturated heterocycles. The van der Waals surface area contributed by atoms with Gasteiger partial charge in [-0.3, -0.25) is 5.32 Å². The highest BCUT2D eigenvalue weighted by Gasteiger charge is 2.54. The molecule has 2 aromatic heterocycles. The molecule has 168 valence electrons. The van der Waals surface area contributed by atoms with E-state index in [9.17, 15) is 5.11 Å². The van der Waals surface area contributed by atoms with Crippen LogP contribution in [0, 0.1) is 0 Å². The quantitative estimate of drug-likeness (QED) is 0.307. The fraction of sp³-hybridized carbons (Fsp3) is 0.583. The van der Waals surface area contributed by atoms with E-state index in [0.29, 0.717) is 12.5 Å². The Hall–Kier alpha value is -1.67. The number of rotatable bonds is 11. The Bertz CT molecular complexity index is 964. The summed E-state index contributed by atoms with van der Waals surface area (Å²) in [6.07, 6.45) is 12.0. The fourth-order valence-corrected chi connectivity index (χ4v) is 4.83. The number of aromatic nitrogens is 3. The largest absolute Gasteiger partial charge is 0.378 e. The Labute approximate surface area is 189 Å². The molecule has 1 fully saturated rings.